The number of rotatable bonds is 17. The predicted molar refractivity (Wildman–Crippen MR) is 492 cm³/mol. The molecule has 0 saturated carbocycles. The van der Waals surface area contributed by atoms with E-state index in [1.54, 1.807) is 0 Å². The first-order valence-electron chi connectivity index (χ1n) is 37.6. The Morgan fingerprint density at radius 1 is 0.191 bits per heavy atom. The largest absolute Gasteiger partial charge is 0.398 e. The van der Waals surface area contributed by atoms with E-state index >= 15 is 0 Å². The van der Waals surface area contributed by atoms with E-state index in [4.69, 9.17) is 11.5 Å². The molecule has 0 radical (unpaired) electrons. The van der Waals surface area contributed by atoms with E-state index in [0.29, 0.717) is 23.7 Å². The molecule has 0 bridgehead atoms. The molecule has 8 heteroatoms. The summed E-state index contributed by atoms with van der Waals surface area (Å²) in [6.45, 7) is 17.5. The van der Waals surface area contributed by atoms with E-state index < -0.39 is 31.7 Å². The summed E-state index contributed by atoms with van der Waals surface area (Å²) in [6, 6.07) is 149. The molecule has 0 atom stereocenters. The van der Waals surface area contributed by atoms with Crippen LogP contribution >= 0.6 is 47.6 Å². The van der Waals surface area contributed by atoms with E-state index in [0.717, 1.165) is 15.8 Å². The average molecular weight is 1670 g/mol. The van der Waals surface area contributed by atoms with Gasteiger partial charge in [0.05, 0.1) is 0 Å². The third kappa shape index (κ3) is 24.9. The van der Waals surface area contributed by atoms with Gasteiger partial charge >= 0.3 is 0 Å². The summed E-state index contributed by atoms with van der Waals surface area (Å²) in [5, 5.41) is 16.8. The zero-order valence-electron chi connectivity index (χ0n) is 64.3. The van der Waals surface area contributed by atoms with Crippen LogP contribution in [0.25, 0.3) is 11.1 Å². The van der Waals surface area contributed by atoms with Crippen molar-refractivity contribution in [3.05, 3.63) is 445 Å². The number of halogens is 1. The molecule has 0 spiro atoms. The summed E-state index contributed by atoms with van der Waals surface area (Å²) >= 11 is 3.53. The average Bonchev–Trinajstić information content (AvgIpc) is 0.801. The van der Waals surface area contributed by atoms with Crippen molar-refractivity contribution in [1.82, 2.24) is 0 Å². The zero-order valence-corrected chi connectivity index (χ0v) is 71.0. The Hall–Kier alpha value is -9.24. The van der Waals surface area contributed by atoms with Crippen LogP contribution in [0.15, 0.2) is 423 Å². The van der Waals surface area contributed by atoms with Crippen molar-refractivity contribution < 1.29 is 20.4 Å². The van der Waals surface area contributed by atoms with Gasteiger partial charge in [-0.1, -0.05) is 466 Å². The number of nitrogen functional groups attached to an aromatic ring is 2. The van der Waals surface area contributed by atoms with Crippen molar-refractivity contribution in [1.29, 1.82) is 0 Å². The molecule has 0 aliphatic rings. The van der Waals surface area contributed by atoms with Gasteiger partial charge in [0.2, 0.25) is 0 Å². The molecule has 0 unspecified atom stereocenters. The summed E-state index contributed by atoms with van der Waals surface area (Å²) in [5.74, 6) is 1.84. The minimum atomic E-state index is -0.446. The van der Waals surface area contributed by atoms with Crippen LogP contribution < -0.4 is 75.1 Å². The van der Waals surface area contributed by atoms with Crippen LogP contribution in [0, 0.1) is 0 Å². The second-order valence-corrected chi connectivity index (χ2v) is 37.2. The summed E-state index contributed by atoms with van der Waals surface area (Å²) in [5.41, 5.74) is 21.9. The number of hydrogen-bond acceptors (Lipinski definition) is 2. The maximum absolute atomic E-state index is 6.33. The molecule has 556 valence electrons. The fraction of sp³-hybridized carbons (Fsp3) is 0.118. The van der Waals surface area contributed by atoms with Crippen LogP contribution in [0.2, 0.25) is 0 Å². The summed E-state index contributed by atoms with van der Waals surface area (Å²) in [7, 11) is -1.78. The van der Waals surface area contributed by atoms with Crippen molar-refractivity contribution in [2.75, 3.05) is 11.5 Å². The van der Waals surface area contributed by atoms with Gasteiger partial charge in [-0.15, -0.1) is 0 Å². The van der Waals surface area contributed by atoms with Crippen LogP contribution in [-0.4, -0.2) is 0 Å². The fourth-order valence-electron chi connectivity index (χ4n) is 12.8. The van der Waals surface area contributed by atoms with E-state index in [1.165, 1.54) is 97.0 Å². The molecule has 0 aliphatic heterocycles. The fourth-order valence-corrected chi connectivity index (χ4v) is 22.5. The van der Waals surface area contributed by atoms with E-state index in [-0.39, 0.29) is 20.4 Å². The molecule has 4 N–H and O–H groups in total. The van der Waals surface area contributed by atoms with Gasteiger partial charge in [0.1, 0.15) is 0 Å². The first kappa shape index (κ1) is 84.8. The Bertz CT molecular complexity index is 4120. The van der Waals surface area contributed by atoms with Gasteiger partial charge in [0.25, 0.3) is 0 Å². The normalized spacial score (nSPS) is 10.7. The van der Waals surface area contributed by atoms with Gasteiger partial charge < -0.3 is 11.5 Å². The van der Waals surface area contributed by atoms with Gasteiger partial charge in [-0.25, -0.2) is 0 Å². The molecule has 0 saturated heterocycles. The third-order valence-electron chi connectivity index (χ3n) is 18.2. The second kappa shape index (κ2) is 45.2. The van der Waals surface area contributed by atoms with Crippen molar-refractivity contribution >= 4 is 123 Å². The van der Waals surface area contributed by atoms with Crippen LogP contribution in [-0.2, 0) is 20.4 Å². The Morgan fingerprint density at radius 2 is 0.318 bits per heavy atom. The third-order valence-corrected chi connectivity index (χ3v) is 28.5. The van der Waals surface area contributed by atoms with Gasteiger partial charge in [-0.3, -0.25) is 0 Å². The Kier molecular flexibility index (Phi) is 34.8. The molecule has 15 aromatic rings. The maximum Gasteiger partial charge on any atom is 0.0385 e. The van der Waals surface area contributed by atoms with Crippen LogP contribution in [0.1, 0.15) is 101 Å². The maximum atomic E-state index is 6.33. The number of benzene rings is 15. The molecule has 15 rings (SSSR count). The topological polar surface area (TPSA) is 52.0 Å². The van der Waals surface area contributed by atoms with Gasteiger partial charge in [0, 0.05) is 36.3 Å². The van der Waals surface area contributed by atoms with E-state index in [9.17, 15) is 0 Å². The molecule has 2 nitrogen and oxygen atoms in total. The quantitative estimate of drug-likeness (QED) is 0.0542. The molecular formula is C102H101BrN2P4Pd. The minimum absolute atomic E-state index is 0. The SMILES string of the molecule is CC(C)c1cc(-c2ccccc2)cc(C(C)C)c1N.CC(C)c1cc(Br)cc(C(C)C)c1N.[Pd].c1ccc(P(c2ccccc2)c2ccccc2)cc1.c1ccc(P(c2ccccc2)c2ccccc2)cc1.c1ccc(P(c2ccccc2)c2ccccc2)cc1.c1ccc(P(c2ccccc2)c2ccccc2)cc1. The Balaban J connectivity index is 0.000000152. The van der Waals surface area contributed by atoms with Crippen molar-refractivity contribution in [3.8, 4) is 11.1 Å². The smallest absolute Gasteiger partial charge is 0.0385 e. The summed E-state index contributed by atoms with van der Waals surface area (Å²) in [4.78, 5) is 0. The number of anilines is 2. The molecule has 0 fully saturated rings. The minimum Gasteiger partial charge on any atom is -0.398 e. The molecule has 0 heterocycles. The number of hydrogen-bond donors (Lipinski definition) is 2. The van der Waals surface area contributed by atoms with Crippen LogP contribution in [0.3, 0.4) is 0 Å². The Morgan fingerprint density at radius 3 is 0.455 bits per heavy atom. The molecule has 15 aromatic carbocycles. The van der Waals surface area contributed by atoms with Gasteiger partial charge in [-0.2, -0.15) is 0 Å². The molecule has 0 aromatic heterocycles. The summed E-state index contributed by atoms with van der Waals surface area (Å²) < 4.78 is 1.12. The molecule has 0 amide bonds. The first-order chi connectivity index (χ1) is 53.2. The summed E-state index contributed by atoms with van der Waals surface area (Å²) in [6.07, 6.45) is 0. The van der Waals surface area contributed by atoms with E-state index in [1.807, 2.05) is 6.07 Å². The van der Waals surface area contributed by atoms with Gasteiger partial charge in [0.15, 0.2) is 0 Å². The second-order valence-electron chi connectivity index (χ2n) is 27.4. The first-order valence-corrected chi connectivity index (χ1v) is 43.8. The van der Waals surface area contributed by atoms with Crippen molar-refractivity contribution in [2.24, 2.45) is 0 Å². The zero-order chi connectivity index (χ0) is 76.5. The molecular weight excluding hydrogens is 1560 g/mol. The predicted octanol–water partition coefficient (Wildman–Crippen LogP) is 23.2. The molecule has 110 heavy (non-hydrogen) atoms. The monoisotopic (exact) mass is 1660 g/mol. The van der Waals surface area contributed by atoms with Gasteiger partial charge in [-0.05, 0) is 177 Å². The van der Waals surface area contributed by atoms with Crippen LogP contribution in [0.4, 0.5) is 11.4 Å². The Labute approximate surface area is 684 Å². The van der Waals surface area contributed by atoms with Crippen molar-refractivity contribution in [3.63, 3.8) is 0 Å². The standard InChI is InChI=1S/C18H23N.4C18H15P.C12H18BrN.Pd/c1-12(2)16-10-15(14-8-6-5-7-9-14)11-17(13(3)4)18(16)19;4*1-4-10-16(11-5-1)19(17-12-6-2-7-13-17)18-14-8-3-9-15-18;1-7(2)10-5-9(13)6-11(8(3)4)12(10)14;/h5-13H,19H2,1-4H3;4*1-15H;5-8H,14H2,1-4H3;. The van der Waals surface area contributed by atoms with E-state index in [2.05, 4.69) is 484 Å². The van der Waals surface area contributed by atoms with Crippen molar-refractivity contribution in [2.45, 2.75) is 79.1 Å². The molecule has 0 aliphatic carbocycles. The number of nitrogens with two attached hydrogens (primary N) is 2. The van der Waals surface area contributed by atoms with Crippen LogP contribution in [0.5, 0.6) is 0 Å².